The number of carbonyl (C=O) groups is 1. The largest absolute Gasteiger partial charge is 0.467 e. The molecule has 0 bridgehead atoms. The number of sulfone groups is 1. The van der Waals surface area contributed by atoms with Gasteiger partial charge in [-0.05, 0) is 12.1 Å². The Morgan fingerprint density at radius 1 is 1.39 bits per heavy atom. The number of aliphatic hydroxyl groups is 1. The van der Waals surface area contributed by atoms with E-state index < -0.39 is 44.0 Å². The quantitative estimate of drug-likeness (QED) is 0.819. The predicted octanol–water partition coefficient (Wildman–Crippen LogP) is 0.575. The molecule has 5 nitrogen and oxygen atoms in total. The van der Waals surface area contributed by atoms with Crippen molar-refractivity contribution in [3.05, 3.63) is 29.3 Å². The van der Waals surface area contributed by atoms with E-state index in [0.717, 1.165) is 7.11 Å². The third kappa shape index (κ3) is 2.82. The van der Waals surface area contributed by atoms with E-state index >= 15 is 0 Å². The van der Waals surface area contributed by atoms with Gasteiger partial charge in [0.2, 0.25) is 0 Å². The highest BCUT2D eigenvalue weighted by molar-refractivity contribution is 7.90. The zero-order chi connectivity index (χ0) is 14.1. The maximum Gasteiger partial charge on any atom is 0.339 e. The van der Waals surface area contributed by atoms with Crippen molar-refractivity contribution in [2.24, 2.45) is 0 Å². The van der Waals surface area contributed by atoms with Crippen molar-refractivity contribution in [1.82, 2.24) is 0 Å². The third-order valence-corrected chi connectivity index (χ3v) is 3.25. The van der Waals surface area contributed by atoms with Crippen LogP contribution in [0.15, 0.2) is 17.0 Å². The molecule has 0 aliphatic carbocycles. The van der Waals surface area contributed by atoms with Crippen LogP contribution in [0.4, 0.5) is 8.78 Å². The van der Waals surface area contributed by atoms with Crippen LogP contribution in [0.25, 0.3) is 0 Å². The summed E-state index contributed by atoms with van der Waals surface area (Å²) < 4.78 is 53.5. The van der Waals surface area contributed by atoms with Crippen LogP contribution >= 0.6 is 0 Å². The molecule has 0 spiro atoms. The highest BCUT2D eigenvalue weighted by Crippen LogP contribution is 2.25. The molecule has 1 rings (SSSR count). The zero-order valence-electron chi connectivity index (χ0n) is 9.48. The van der Waals surface area contributed by atoms with Crippen LogP contribution in [0.1, 0.15) is 11.7 Å². The fourth-order valence-corrected chi connectivity index (χ4v) is 2.06. The van der Waals surface area contributed by atoms with Crippen molar-refractivity contribution in [2.75, 3.05) is 13.4 Å². The van der Waals surface area contributed by atoms with Gasteiger partial charge in [-0.15, -0.1) is 0 Å². The van der Waals surface area contributed by atoms with Crippen molar-refractivity contribution in [3.8, 4) is 0 Å². The third-order valence-electron chi connectivity index (χ3n) is 2.15. The van der Waals surface area contributed by atoms with Crippen LogP contribution in [-0.2, 0) is 19.4 Å². The van der Waals surface area contributed by atoms with Gasteiger partial charge < -0.3 is 9.84 Å². The maximum absolute atomic E-state index is 13.8. The topological polar surface area (TPSA) is 80.7 Å². The molecular weight excluding hydrogens is 270 g/mol. The minimum Gasteiger partial charge on any atom is -0.467 e. The van der Waals surface area contributed by atoms with Crippen molar-refractivity contribution < 1.29 is 31.8 Å². The zero-order valence-corrected chi connectivity index (χ0v) is 10.3. The first-order valence-electron chi connectivity index (χ1n) is 4.63. The van der Waals surface area contributed by atoms with E-state index in [2.05, 4.69) is 4.74 Å². The van der Waals surface area contributed by atoms with E-state index in [1.54, 1.807) is 0 Å². The molecule has 1 unspecified atom stereocenters. The van der Waals surface area contributed by atoms with Gasteiger partial charge in [-0.25, -0.2) is 22.0 Å². The van der Waals surface area contributed by atoms with E-state index in [0.29, 0.717) is 18.4 Å². The molecule has 0 radical (unpaired) electrons. The van der Waals surface area contributed by atoms with E-state index in [4.69, 9.17) is 0 Å². The Balaban J connectivity index is 3.48. The Bertz CT molecular complexity index is 582. The van der Waals surface area contributed by atoms with E-state index in [-0.39, 0.29) is 0 Å². The normalized spacial score (nSPS) is 13.2. The number of esters is 1. The van der Waals surface area contributed by atoms with Crippen molar-refractivity contribution in [1.29, 1.82) is 0 Å². The number of aliphatic hydroxyl groups excluding tert-OH is 1. The van der Waals surface area contributed by atoms with Gasteiger partial charge in [-0.3, -0.25) is 0 Å². The average Bonchev–Trinajstić information content (AvgIpc) is 2.28. The number of methoxy groups -OCH3 is 1. The molecule has 0 aliphatic rings. The summed E-state index contributed by atoms with van der Waals surface area (Å²) in [7, 11) is -3.08. The Hall–Kier alpha value is -1.54. The van der Waals surface area contributed by atoms with E-state index in [9.17, 15) is 27.1 Å². The molecule has 8 heteroatoms. The van der Waals surface area contributed by atoms with Crippen LogP contribution in [-0.4, -0.2) is 32.9 Å². The molecule has 1 aromatic rings. The van der Waals surface area contributed by atoms with Crippen LogP contribution in [0.3, 0.4) is 0 Å². The highest BCUT2D eigenvalue weighted by Gasteiger charge is 2.27. The van der Waals surface area contributed by atoms with Gasteiger partial charge in [0, 0.05) is 11.8 Å². The minimum atomic E-state index is -4.02. The van der Waals surface area contributed by atoms with Crippen molar-refractivity contribution >= 4 is 15.8 Å². The molecule has 100 valence electrons. The summed E-state index contributed by atoms with van der Waals surface area (Å²) in [6.07, 6.45) is -1.41. The summed E-state index contributed by atoms with van der Waals surface area (Å²) in [5, 5.41) is 9.41. The maximum atomic E-state index is 13.8. The van der Waals surface area contributed by atoms with E-state index in [1.165, 1.54) is 0 Å². The van der Waals surface area contributed by atoms with Gasteiger partial charge in [0.15, 0.2) is 15.9 Å². The summed E-state index contributed by atoms with van der Waals surface area (Å²) in [4.78, 5) is 10.1. The second-order valence-corrected chi connectivity index (χ2v) is 5.49. The Morgan fingerprint density at radius 2 is 1.94 bits per heavy atom. The van der Waals surface area contributed by atoms with Crippen LogP contribution in [0.5, 0.6) is 0 Å². The number of hydrogen-bond acceptors (Lipinski definition) is 5. The van der Waals surface area contributed by atoms with Crippen LogP contribution < -0.4 is 0 Å². The van der Waals surface area contributed by atoms with Gasteiger partial charge in [0.25, 0.3) is 0 Å². The number of rotatable bonds is 3. The molecule has 0 amide bonds. The lowest BCUT2D eigenvalue weighted by molar-refractivity contribution is -0.150. The van der Waals surface area contributed by atoms with Crippen LogP contribution in [0.2, 0.25) is 0 Å². The predicted molar refractivity (Wildman–Crippen MR) is 56.4 cm³/mol. The number of carbonyl (C=O) groups excluding carboxylic acids is 1. The Morgan fingerprint density at radius 3 is 2.39 bits per heavy atom. The molecule has 0 saturated heterocycles. The monoisotopic (exact) mass is 280 g/mol. The molecule has 0 saturated carbocycles. The minimum absolute atomic E-state index is 0.470. The summed E-state index contributed by atoms with van der Waals surface area (Å²) in [5.41, 5.74) is -0.790. The molecule has 1 N–H and O–H groups in total. The molecule has 1 atom stereocenters. The lowest BCUT2D eigenvalue weighted by Gasteiger charge is -2.12. The summed E-state index contributed by atoms with van der Waals surface area (Å²) in [5.74, 6) is -3.69. The Labute approximate surface area is 102 Å². The second-order valence-electron chi connectivity index (χ2n) is 3.50. The van der Waals surface area contributed by atoms with Gasteiger partial charge >= 0.3 is 5.97 Å². The fraction of sp³-hybridized carbons (Fsp3) is 0.300. The lowest BCUT2D eigenvalue weighted by atomic mass is 10.1. The van der Waals surface area contributed by atoms with Gasteiger partial charge in [-0.1, -0.05) is 0 Å². The van der Waals surface area contributed by atoms with Gasteiger partial charge in [-0.2, -0.15) is 0 Å². The summed E-state index contributed by atoms with van der Waals surface area (Å²) >= 11 is 0. The molecule has 0 fully saturated rings. The molecule has 0 heterocycles. The fourth-order valence-electron chi connectivity index (χ4n) is 1.29. The van der Waals surface area contributed by atoms with E-state index in [1.807, 2.05) is 0 Å². The van der Waals surface area contributed by atoms with Gasteiger partial charge in [0.05, 0.1) is 7.11 Å². The first kappa shape index (κ1) is 14.5. The first-order valence-corrected chi connectivity index (χ1v) is 6.52. The summed E-state index contributed by atoms with van der Waals surface area (Å²) in [6, 6.07) is 1.00. The molecule has 1 aromatic carbocycles. The number of halogens is 2. The van der Waals surface area contributed by atoms with Gasteiger partial charge in [0.1, 0.15) is 16.5 Å². The highest BCUT2D eigenvalue weighted by atomic mass is 32.2. The number of hydrogen-bond donors (Lipinski definition) is 1. The molecule has 0 aliphatic heterocycles. The van der Waals surface area contributed by atoms with Crippen molar-refractivity contribution in [3.63, 3.8) is 0 Å². The molecular formula is C10H10F2O5S. The molecule has 18 heavy (non-hydrogen) atoms. The standard InChI is InChI=1S/C10H10F2O5S/c1-17-10(14)9(13)6-3-5(11)4-7(8(6)12)18(2,15)16/h3-4,9,13H,1-2H3. The lowest BCUT2D eigenvalue weighted by Crippen LogP contribution is -2.17. The second kappa shape index (κ2) is 4.99. The smallest absolute Gasteiger partial charge is 0.339 e. The van der Waals surface area contributed by atoms with Crippen molar-refractivity contribution in [2.45, 2.75) is 11.0 Å². The SMILES string of the molecule is COC(=O)C(O)c1cc(F)cc(S(C)(=O)=O)c1F. The van der Waals surface area contributed by atoms with Crippen LogP contribution in [0, 0.1) is 11.6 Å². The average molecular weight is 280 g/mol. The number of ether oxygens (including phenoxy) is 1. The first-order chi connectivity index (χ1) is 8.18. The summed E-state index contributed by atoms with van der Waals surface area (Å²) in [6.45, 7) is 0. The Kier molecular flexibility index (Phi) is 4.02. The molecule has 0 aromatic heterocycles. The number of benzene rings is 1.